The molecule has 1 aromatic heterocycles. The molecule has 1 saturated heterocycles. The topological polar surface area (TPSA) is 286 Å². The van der Waals surface area contributed by atoms with E-state index < -0.39 is 89.8 Å². The van der Waals surface area contributed by atoms with E-state index in [9.17, 15) is 48.6 Å². The number of unbranched alkanes of at least 4 members (excludes halogenated alkanes) is 10. The summed E-state index contributed by atoms with van der Waals surface area (Å²) in [6.07, 6.45) is 38.4. The van der Waals surface area contributed by atoms with E-state index >= 15 is 0 Å². The normalized spacial score (nSPS) is 20.1. The van der Waals surface area contributed by atoms with Crippen LogP contribution >= 0.6 is 15.6 Å². The van der Waals surface area contributed by atoms with Crippen LogP contribution < -0.4 is 11.4 Å². The molecule has 0 aromatic carbocycles. The number of aliphatic hydroxyl groups excluding tert-OH is 3. The minimum absolute atomic E-state index is 0.0106. The van der Waals surface area contributed by atoms with E-state index in [1.807, 2.05) is 24.3 Å². The zero-order valence-electron chi connectivity index (χ0n) is 42.8. The number of aliphatic hydroxyl groups is 3. The van der Waals surface area contributed by atoms with E-state index in [2.05, 4.69) is 71.8 Å². The fourth-order valence-electron chi connectivity index (χ4n) is 7.02. The summed E-state index contributed by atoms with van der Waals surface area (Å²) in [5.41, 5.74) is 4.57. The highest BCUT2D eigenvalue weighted by atomic mass is 31.3. The largest absolute Gasteiger partial charge is 0.481 e. The summed E-state index contributed by atoms with van der Waals surface area (Å²) in [4.78, 5) is 61.9. The van der Waals surface area contributed by atoms with E-state index in [0.29, 0.717) is 12.8 Å². The molecule has 0 saturated carbocycles. The molecule has 0 radical (unpaired) electrons. The highest BCUT2D eigenvalue weighted by Crippen LogP contribution is 2.60. The summed E-state index contributed by atoms with van der Waals surface area (Å²) < 4.78 is 56.5. The highest BCUT2D eigenvalue weighted by Gasteiger charge is 2.46. The van der Waals surface area contributed by atoms with Crippen LogP contribution in [0.3, 0.4) is 0 Å². The van der Waals surface area contributed by atoms with Crippen molar-refractivity contribution in [3.63, 3.8) is 0 Å². The Morgan fingerprint density at radius 1 is 0.726 bits per heavy atom. The molecular weight excluding hydrogens is 985 g/mol. The number of ether oxygens (including phenoxy) is 3. The standard InChI is InChI=1S/C52H83N3O16P2/c1-3-5-7-9-11-13-15-17-18-19-20-22-24-26-28-30-32-36-47(57)66-40-44(69-48(58)37-33-35-43(56)34-31-29-27-25-23-21-16-14-12-10-8-6-4-2)41-67-72(62,63)71-73(64,65)68-42-45-49(59)50(60)51(70-45)55-39-38-46(53)54-52(55)61/h12,14,17-18,20-23,26-29,31,34,38-39,43-45,49-51,56,59-60H,3-11,13,15-16,19,24-25,30,32-33,35-37,40-42H2,1-2H3,(H,62,63)(H,64,65)(H2,53,54,61)/b14-12-,18-17-,22-20-,23-21-,28-26-,29-27-,34-31+/t43-,44+,45+,49+,50+,51+/m0/s1. The Bertz CT molecular complexity index is 2070. The lowest BCUT2D eigenvalue weighted by Gasteiger charge is -2.21. The third-order valence-electron chi connectivity index (χ3n) is 11.1. The minimum Gasteiger partial charge on any atom is -0.462 e. The second kappa shape index (κ2) is 39.3. The Labute approximate surface area is 431 Å². The Kier molecular flexibility index (Phi) is 35.0. The maximum absolute atomic E-state index is 12.9. The average Bonchev–Trinajstić information content (AvgIpc) is 3.62. The first kappa shape index (κ1) is 65.0. The van der Waals surface area contributed by atoms with Crippen LogP contribution in [0, 0.1) is 0 Å². The van der Waals surface area contributed by atoms with Gasteiger partial charge in [-0.15, -0.1) is 0 Å². The van der Waals surface area contributed by atoms with Gasteiger partial charge in [-0.05, 0) is 83.1 Å². The lowest BCUT2D eigenvalue weighted by Crippen LogP contribution is -2.36. The molecule has 1 aromatic rings. The number of rotatable bonds is 41. The molecule has 2 unspecified atom stereocenters. The van der Waals surface area contributed by atoms with Crippen molar-refractivity contribution in [3.05, 3.63) is 108 Å². The number of nitrogen functional groups attached to an aromatic ring is 1. The quantitative estimate of drug-likeness (QED) is 0.0117. The Balaban J connectivity index is 1.88. The van der Waals surface area contributed by atoms with E-state index in [0.717, 1.165) is 49.3 Å². The van der Waals surface area contributed by atoms with Crippen LogP contribution in [0.2, 0.25) is 0 Å². The van der Waals surface area contributed by atoms with Crippen LogP contribution in [0.4, 0.5) is 5.82 Å². The number of hydrogen-bond acceptors (Lipinski definition) is 16. The van der Waals surface area contributed by atoms with Crippen molar-refractivity contribution < 1.29 is 71.4 Å². The van der Waals surface area contributed by atoms with E-state index in [-0.39, 0.29) is 31.5 Å². The first-order valence-corrected chi connectivity index (χ1v) is 28.7. The van der Waals surface area contributed by atoms with Crippen LogP contribution in [0.25, 0.3) is 0 Å². The van der Waals surface area contributed by atoms with Gasteiger partial charge in [-0.3, -0.25) is 23.2 Å². The smallest absolute Gasteiger partial charge is 0.462 e. The summed E-state index contributed by atoms with van der Waals surface area (Å²) >= 11 is 0. The number of carbonyl (C=O) groups is 2. The van der Waals surface area contributed by atoms with Gasteiger partial charge >= 0.3 is 33.3 Å². The van der Waals surface area contributed by atoms with Crippen LogP contribution in [-0.2, 0) is 46.3 Å². The third-order valence-corrected chi connectivity index (χ3v) is 13.7. The summed E-state index contributed by atoms with van der Waals surface area (Å²) in [5, 5.41) is 31.3. The van der Waals surface area contributed by atoms with Crippen LogP contribution in [0.1, 0.15) is 155 Å². The van der Waals surface area contributed by atoms with Gasteiger partial charge in [-0.2, -0.15) is 9.29 Å². The van der Waals surface area contributed by atoms with Gasteiger partial charge in [0.2, 0.25) is 0 Å². The van der Waals surface area contributed by atoms with Crippen LogP contribution in [-0.4, -0.2) is 96.9 Å². The van der Waals surface area contributed by atoms with Crippen molar-refractivity contribution in [3.8, 4) is 0 Å². The zero-order valence-corrected chi connectivity index (χ0v) is 44.6. The molecule has 0 bridgehead atoms. The number of hydrogen-bond donors (Lipinski definition) is 6. The first-order chi connectivity index (χ1) is 35.1. The van der Waals surface area contributed by atoms with Crippen molar-refractivity contribution in [2.75, 3.05) is 25.6 Å². The molecule has 1 aliphatic rings. The summed E-state index contributed by atoms with van der Waals surface area (Å²) in [5.74, 6) is -1.58. The van der Waals surface area contributed by atoms with Gasteiger partial charge in [0, 0.05) is 19.0 Å². The maximum atomic E-state index is 12.9. The predicted molar refractivity (Wildman–Crippen MR) is 281 cm³/mol. The molecule has 73 heavy (non-hydrogen) atoms. The summed E-state index contributed by atoms with van der Waals surface area (Å²) in [6.45, 7) is 1.87. The SMILES string of the molecule is CCCCC/C=C\C/C=C\C/C=C\C=C\[C@H](O)CCCC(=O)O[C@H](COC(=O)CCC/C=C\C/C=C\C/C=C\CCCCCCCC)COP(=O)(O)OP(=O)(O)OC[C@H]1O[C@@H](n2ccc(N)nc2=O)[C@H](O)[C@@H]1O. The molecule has 7 N–H and O–H groups in total. The number of nitrogens with zero attached hydrogens (tertiary/aromatic N) is 2. The Morgan fingerprint density at radius 2 is 1.27 bits per heavy atom. The van der Waals surface area contributed by atoms with Gasteiger partial charge in [-0.25, -0.2) is 13.9 Å². The van der Waals surface area contributed by atoms with Crippen molar-refractivity contribution in [1.82, 2.24) is 9.55 Å². The van der Waals surface area contributed by atoms with Crippen molar-refractivity contribution in [2.24, 2.45) is 0 Å². The summed E-state index contributed by atoms with van der Waals surface area (Å²) in [6, 6.07) is 1.23. The zero-order chi connectivity index (χ0) is 53.6. The molecule has 2 heterocycles. The molecule has 412 valence electrons. The fourth-order valence-corrected chi connectivity index (χ4v) is 9.13. The average molecular weight is 1070 g/mol. The molecular formula is C52H83N3O16P2. The minimum atomic E-state index is -5.49. The highest BCUT2D eigenvalue weighted by molar-refractivity contribution is 7.61. The Hall–Kier alpha value is -4.10. The number of anilines is 1. The molecule has 1 aliphatic heterocycles. The first-order valence-electron chi connectivity index (χ1n) is 25.7. The predicted octanol–water partition coefficient (Wildman–Crippen LogP) is 9.64. The summed E-state index contributed by atoms with van der Waals surface area (Å²) in [7, 11) is -11.0. The lowest BCUT2D eigenvalue weighted by molar-refractivity contribution is -0.161. The van der Waals surface area contributed by atoms with Crippen molar-refractivity contribution >= 4 is 33.4 Å². The molecule has 0 spiro atoms. The molecule has 0 aliphatic carbocycles. The maximum Gasteiger partial charge on any atom is 0.481 e. The monoisotopic (exact) mass is 1070 g/mol. The van der Waals surface area contributed by atoms with Crippen molar-refractivity contribution in [1.29, 1.82) is 0 Å². The number of allylic oxidation sites excluding steroid dienone is 13. The fraction of sp³-hybridized carbons (Fsp3) is 0.615. The number of aromatic nitrogens is 2. The molecule has 0 amide bonds. The number of carbonyl (C=O) groups excluding carboxylic acids is 2. The van der Waals surface area contributed by atoms with Gasteiger partial charge in [-0.1, -0.05) is 144 Å². The van der Waals surface area contributed by atoms with Crippen LogP contribution in [0.5, 0.6) is 0 Å². The number of nitrogens with two attached hydrogens (primary N) is 1. The second-order valence-electron chi connectivity index (χ2n) is 17.5. The number of esters is 2. The number of phosphoric acid groups is 2. The van der Waals surface area contributed by atoms with Gasteiger partial charge in [0.05, 0.1) is 19.3 Å². The van der Waals surface area contributed by atoms with E-state index in [1.165, 1.54) is 63.9 Å². The molecule has 1 fully saturated rings. The van der Waals surface area contributed by atoms with Gasteiger partial charge in [0.15, 0.2) is 12.3 Å². The van der Waals surface area contributed by atoms with Gasteiger partial charge < -0.3 is 45.1 Å². The molecule has 2 rings (SSSR count). The lowest BCUT2D eigenvalue weighted by atomic mass is 10.1. The molecule has 21 heteroatoms. The van der Waals surface area contributed by atoms with Gasteiger partial charge in [0.1, 0.15) is 30.7 Å². The molecule has 19 nitrogen and oxygen atoms in total. The van der Waals surface area contributed by atoms with E-state index in [4.69, 9.17) is 29.0 Å². The van der Waals surface area contributed by atoms with Crippen LogP contribution in [0.15, 0.2) is 102 Å². The van der Waals surface area contributed by atoms with E-state index in [1.54, 1.807) is 12.2 Å². The van der Waals surface area contributed by atoms with Crippen molar-refractivity contribution in [2.45, 2.75) is 185 Å². The number of phosphoric ester groups is 2. The Morgan fingerprint density at radius 3 is 1.92 bits per heavy atom. The third kappa shape index (κ3) is 32.1. The second-order valence-corrected chi connectivity index (χ2v) is 20.6. The molecule has 8 atom stereocenters. The van der Waals surface area contributed by atoms with Gasteiger partial charge in [0.25, 0.3) is 0 Å².